The van der Waals surface area contributed by atoms with Gasteiger partial charge in [0.05, 0.1) is 10.5 Å². The maximum Gasteiger partial charge on any atom is 0.241 e. The van der Waals surface area contributed by atoms with Crippen LogP contribution in [0.2, 0.25) is 0 Å². The third-order valence-electron chi connectivity index (χ3n) is 4.27. The van der Waals surface area contributed by atoms with Crippen molar-refractivity contribution in [2.24, 2.45) is 0 Å². The van der Waals surface area contributed by atoms with Crippen LogP contribution < -0.4 is 14.9 Å². The van der Waals surface area contributed by atoms with Gasteiger partial charge in [-0.3, -0.25) is 0 Å². The van der Waals surface area contributed by atoms with Gasteiger partial charge in [-0.05, 0) is 31.9 Å². The molecule has 1 aliphatic heterocycles. The number of hydrogen-bond acceptors (Lipinski definition) is 7. The minimum atomic E-state index is -3.74. The molecule has 8 nitrogen and oxygen atoms in total. The molecular weight excluding hydrogens is 364 g/mol. The minimum absolute atomic E-state index is 0.0123. The Labute approximate surface area is 159 Å². The summed E-state index contributed by atoms with van der Waals surface area (Å²) in [5.74, 6) is 2.23. The molecule has 0 aliphatic carbocycles. The fraction of sp³-hybridized carbons (Fsp3) is 0.389. The molecule has 0 saturated carbocycles. The van der Waals surface area contributed by atoms with E-state index < -0.39 is 10.0 Å². The number of benzene rings is 1. The molecule has 1 aromatic carbocycles. The van der Waals surface area contributed by atoms with Crippen LogP contribution in [0.4, 0.5) is 11.6 Å². The lowest BCUT2D eigenvalue weighted by molar-refractivity contribution is 0.582. The van der Waals surface area contributed by atoms with E-state index in [0.717, 1.165) is 31.7 Å². The van der Waals surface area contributed by atoms with E-state index in [9.17, 15) is 8.42 Å². The molecule has 1 saturated heterocycles. The van der Waals surface area contributed by atoms with Gasteiger partial charge in [-0.1, -0.05) is 12.1 Å². The van der Waals surface area contributed by atoms with Gasteiger partial charge in [0.1, 0.15) is 23.5 Å². The fourth-order valence-corrected chi connectivity index (χ4v) is 4.18. The highest BCUT2D eigenvalue weighted by Gasteiger charge is 2.18. The monoisotopic (exact) mass is 386 g/mol. The summed E-state index contributed by atoms with van der Waals surface area (Å²) in [7, 11) is -3.74. The van der Waals surface area contributed by atoms with E-state index in [2.05, 4.69) is 24.9 Å². The highest BCUT2D eigenvalue weighted by atomic mass is 32.2. The van der Waals surface area contributed by atoms with Crippen molar-refractivity contribution >= 4 is 21.7 Å². The van der Waals surface area contributed by atoms with E-state index in [1.807, 2.05) is 19.1 Å². The predicted octanol–water partition coefficient (Wildman–Crippen LogP) is 1.65. The lowest BCUT2D eigenvalue weighted by atomic mass is 10.2. The van der Waals surface area contributed by atoms with Gasteiger partial charge >= 0.3 is 0 Å². The first kappa shape index (κ1) is 19.1. The SMILES string of the molecule is Cc1nc(NCCNS(=O)(=O)c2ccccc2C#N)cc(N2CCCC2)n1. The molecule has 1 fully saturated rings. The number of rotatable bonds is 7. The molecule has 2 N–H and O–H groups in total. The second kappa shape index (κ2) is 8.33. The molecular formula is C18H22N6O2S. The summed E-state index contributed by atoms with van der Waals surface area (Å²) in [4.78, 5) is 11.0. The van der Waals surface area contributed by atoms with Gasteiger partial charge in [0.25, 0.3) is 0 Å². The Hall–Kier alpha value is -2.70. The average Bonchev–Trinajstić information content (AvgIpc) is 3.20. The van der Waals surface area contributed by atoms with Crippen LogP contribution in [-0.2, 0) is 10.0 Å². The number of aromatic nitrogens is 2. The molecule has 9 heteroatoms. The summed E-state index contributed by atoms with van der Waals surface area (Å²) < 4.78 is 27.3. The molecule has 27 heavy (non-hydrogen) atoms. The minimum Gasteiger partial charge on any atom is -0.369 e. The van der Waals surface area contributed by atoms with Crippen LogP contribution in [0.3, 0.4) is 0 Å². The number of sulfonamides is 1. The summed E-state index contributed by atoms with van der Waals surface area (Å²) in [6.07, 6.45) is 2.33. The molecule has 1 aromatic heterocycles. The van der Waals surface area contributed by atoms with Crippen molar-refractivity contribution in [1.82, 2.24) is 14.7 Å². The van der Waals surface area contributed by atoms with Crippen LogP contribution in [0.1, 0.15) is 24.2 Å². The van der Waals surface area contributed by atoms with Gasteiger partial charge < -0.3 is 10.2 Å². The van der Waals surface area contributed by atoms with Crippen LogP contribution in [0.25, 0.3) is 0 Å². The quantitative estimate of drug-likeness (QED) is 0.696. The maximum absolute atomic E-state index is 12.4. The summed E-state index contributed by atoms with van der Waals surface area (Å²) in [6.45, 7) is 4.36. The van der Waals surface area contributed by atoms with Gasteiger partial charge in [0.2, 0.25) is 10.0 Å². The molecule has 3 rings (SSSR count). The average molecular weight is 386 g/mol. The lowest BCUT2D eigenvalue weighted by Crippen LogP contribution is -2.29. The standard InChI is InChI=1S/C18H22N6O2S/c1-14-22-17(12-18(23-14)24-10-4-5-11-24)20-8-9-21-27(25,26)16-7-3-2-6-15(16)13-19/h2-3,6-7,12,21H,4-5,8-11H2,1H3,(H,20,22,23). The van der Waals surface area contributed by atoms with Crippen molar-refractivity contribution in [3.05, 3.63) is 41.7 Å². The first-order valence-corrected chi connectivity index (χ1v) is 10.3. The Morgan fingerprint density at radius 2 is 1.93 bits per heavy atom. The number of nitrogens with one attached hydrogen (secondary N) is 2. The van der Waals surface area contributed by atoms with Crippen molar-refractivity contribution in [2.75, 3.05) is 36.4 Å². The summed E-state index contributed by atoms with van der Waals surface area (Å²) in [6, 6.07) is 9.92. The van der Waals surface area contributed by atoms with Crippen molar-refractivity contribution in [3.63, 3.8) is 0 Å². The third-order valence-corrected chi connectivity index (χ3v) is 5.79. The van der Waals surface area contributed by atoms with Crippen molar-refractivity contribution in [2.45, 2.75) is 24.7 Å². The molecule has 0 atom stereocenters. The van der Waals surface area contributed by atoms with E-state index >= 15 is 0 Å². The molecule has 0 radical (unpaired) electrons. The number of nitrogens with zero attached hydrogens (tertiary/aromatic N) is 4. The highest BCUT2D eigenvalue weighted by molar-refractivity contribution is 7.89. The van der Waals surface area contributed by atoms with Crippen LogP contribution in [0.5, 0.6) is 0 Å². The predicted molar refractivity (Wildman–Crippen MR) is 103 cm³/mol. The van der Waals surface area contributed by atoms with Crippen LogP contribution in [0, 0.1) is 18.3 Å². The Morgan fingerprint density at radius 3 is 2.67 bits per heavy atom. The van der Waals surface area contributed by atoms with Crippen molar-refractivity contribution < 1.29 is 8.42 Å². The van der Waals surface area contributed by atoms with E-state index in [1.165, 1.54) is 12.1 Å². The van der Waals surface area contributed by atoms with Gasteiger partial charge in [0, 0.05) is 32.2 Å². The molecule has 0 spiro atoms. The third kappa shape index (κ3) is 4.72. The van der Waals surface area contributed by atoms with E-state index in [-0.39, 0.29) is 17.0 Å². The number of aryl methyl sites for hydroxylation is 1. The molecule has 0 amide bonds. The molecule has 1 aliphatic rings. The molecule has 0 bridgehead atoms. The topological polar surface area (TPSA) is 111 Å². The largest absolute Gasteiger partial charge is 0.369 e. The molecule has 2 aromatic rings. The van der Waals surface area contributed by atoms with Gasteiger partial charge in [-0.25, -0.2) is 23.1 Å². The first-order chi connectivity index (χ1) is 13.0. The van der Waals surface area contributed by atoms with Crippen molar-refractivity contribution in [1.29, 1.82) is 5.26 Å². The summed E-state index contributed by atoms with van der Waals surface area (Å²) in [5.41, 5.74) is 0.125. The zero-order valence-corrected chi connectivity index (χ0v) is 16.0. The Morgan fingerprint density at radius 1 is 1.19 bits per heavy atom. The summed E-state index contributed by atoms with van der Waals surface area (Å²) >= 11 is 0. The van der Waals surface area contributed by atoms with Crippen LogP contribution in [-0.4, -0.2) is 44.6 Å². The Balaban J connectivity index is 1.59. The Bertz CT molecular complexity index is 949. The molecule has 142 valence electrons. The lowest BCUT2D eigenvalue weighted by Gasteiger charge is -2.18. The second-order valence-electron chi connectivity index (χ2n) is 6.29. The van der Waals surface area contributed by atoms with E-state index in [0.29, 0.717) is 18.2 Å². The van der Waals surface area contributed by atoms with E-state index in [1.54, 1.807) is 12.1 Å². The smallest absolute Gasteiger partial charge is 0.241 e. The number of nitriles is 1. The van der Waals surface area contributed by atoms with Crippen LogP contribution in [0.15, 0.2) is 35.2 Å². The second-order valence-corrected chi connectivity index (χ2v) is 8.02. The van der Waals surface area contributed by atoms with Crippen molar-refractivity contribution in [3.8, 4) is 6.07 Å². The molecule has 2 heterocycles. The van der Waals surface area contributed by atoms with Gasteiger partial charge in [0.15, 0.2) is 0 Å². The van der Waals surface area contributed by atoms with Gasteiger partial charge in [-0.15, -0.1) is 0 Å². The normalized spacial score (nSPS) is 14.1. The number of anilines is 2. The highest BCUT2D eigenvalue weighted by Crippen LogP contribution is 2.20. The Kier molecular flexibility index (Phi) is 5.88. The fourth-order valence-electron chi connectivity index (χ4n) is 3.00. The zero-order valence-electron chi connectivity index (χ0n) is 15.1. The first-order valence-electron chi connectivity index (χ1n) is 8.83. The van der Waals surface area contributed by atoms with Crippen LogP contribution >= 0.6 is 0 Å². The number of hydrogen-bond donors (Lipinski definition) is 2. The molecule has 0 unspecified atom stereocenters. The zero-order chi connectivity index (χ0) is 19.3. The van der Waals surface area contributed by atoms with Gasteiger partial charge in [-0.2, -0.15) is 5.26 Å². The maximum atomic E-state index is 12.4. The summed E-state index contributed by atoms with van der Waals surface area (Å²) in [5, 5.41) is 12.2. The van der Waals surface area contributed by atoms with E-state index in [4.69, 9.17) is 5.26 Å².